The zero-order valence-electron chi connectivity index (χ0n) is 14.3. The standard InChI is InChI=1S/C18H24N4O2/c1-14(23)20-15-5-6-18(24-12-11-22-9-3-4-10-22)16(13-15)17-7-8-19-21(17)2/h5-8,13H,3-4,9-12H2,1-2H3,(H,20,23). The highest BCUT2D eigenvalue weighted by Gasteiger charge is 2.14. The van der Waals surface area contributed by atoms with Gasteiger partial charge in [0, 0.05) is 38.0 Å². The Morgan fingerprint density at radius 3 is 2.75 bits per heavy atom. The molecule has 2 heterocycles. The maximum Gasteiger partial charge on any atom is 0.221 e. The second-order valence-electron chi connectivity index (χ2n) is 6.13. The summed E-state index contributed by atoms with van der Waals surface area (Å²) in [7, 11) is 1.90. The molecule has 128 valence electrons. The van der Waals surface area contributed by atoms with Crippen LogP contribution in [-0.4, -0.2) is 46.8 Å². The first kappa shape index (κ1) is 16.5. The molecule has 1 aromatic carbocycles. The third kappa shape index (κ3) is 3.94. The highest BCUT2D eigenvalue weighted by Crippen LogP contribution is 2.32. The Balaban J connectivity index is 1.78. The van der Waals surface area contributed by atoms with Crippen LogP contribution in [-0.2, 0) is 11.8 Å². The molecule has 1 aliphatic heterocycles. The summed E-state index contributed by atoms with van der Waals surface area (Å²) in [6.45, 7) is 5.44. The molecule has 1 N–H and O–H groups in total. The van der Waals surface area contributed by atoms with Crippen molar-refractivity contribution in [1.82, 2.24) is 14.7 Å². The van der Waals surface area contributed by atoms with E-state index in [0.717, 1.165) is 29.2 Å². The van der Waals surface area contributed by atoms with Gasteiger partial charge in [0.15, 0.2) is 0 Å². The predicted molar refractivity (Wildman–Crippen MR) is 94.1 cm³/mol. The average molecular weight is 328 g/mol. The van der Waals surface area contributed by atoms with Gasteiger partial charge in [-0.25, -0.2) is 0 Å². The molecule has 0 radical (unpaired) electrons. The Morgan fingerprint density at radius 1 is 1.29 bits per heavy atom. The number of anilines is 1. The van der Waals surface area contributed by atoms with Gasteiger partial charge < -0.3 is 10.1 Å². The maximum absolute atomic E-state index is 11.3. The number of carbonyl (C=O) groups excluding carboxylic acids is 1. The minimum Gasteiger partial charge on any atom is -0.492 e. The van der Waals surface area contributed by atoms with E-state index >= 15 is 0 Å². The number of aryl methyl sites for hydroxylation is 1. The molecule has 24 heavy (non-hydrogen) atoms. The van der Waals surface area contributed by atoms with Crippen molar-refractivity contribution in [1.29, 1.82) is 0 Å². The van der Waals surface area contributed by atoms with Crippen molar-refractivity contribution >= 4 is 11.6 Å². The number of aromatic nitrogens is 2. The van der Waals surface area contributed by atoms with E-state index in [4.69, 9.17) is 4.74 Å². The fourth-order valence-electron chi connectivity index (χ4n) is 3.07. The topological polar surface area (TPSA) is 59.4 Å². The van der Waals surface area contributed by atoms with Gasteiger partial charge in [0.2, 0.25) is 5.91 Å². The SMILES string of the molecule is CC(=O)Nc1ccc(OCCN2CCCC2)c(-c2ccnn2C)c1. The first-order valence-electron chi connectivity index (χ1n) is 8.38. The number of likely N-dealkylation sites (tertiary alicyclic amines) is 1. The molecule has 1 fully saturated rings. The fourth-order valence-corrected chi connectivity index (χ4v) is 3.07. The molecule has 3 rings (SSSR count). The quantitative estimate of drug-likeness (QED) is 0.885. The molecule has 6 heteroatoms. The molecule has 0 saturated carbocycles. The van der Waals surface area contributed by atoms with Crippen molar-refractivity contribution < 1.29 is 9.53 Å². The van der Waals surface area contributed by atoms with Crippen LogP contribution in [0.2, 0.25) is 0 Å². The van der Waals surface area contributed by atoms with Crippen molar-refractivity contribution in [3.63, 3.8) is 0 Å². The summed E-state index contributed by atoms with van der Waals surface area (Å²) in [5, 5.41) is 7.06. The maximum atomic E-state index is 11.3. The van der Waals surface area contributed by atoms with Gasteiger partial charge in [-0.2, -0.15) is 5.10 Å². The largest absolute Gasteiger partial charge is 0.492 e. The van der Waals surface area contributed by atoms with E-state index in [1.165, 1.54) is 32.9 Å². The molecule has 0 aliphatic carbocycles. The summed E-state index contributed by atoms with van der Waals surface area (Å²) in [5.41, 5.74) is 2.65. The monoisotopic (exact) mass is 328 g/mol. The Kier molecular flexibility index (Phi) is 5.15. The summed E-state index contributed by atoms with van der Waals surface area (Å²) in [6.07, 6.45) is 4.33. The van der Waals surface area contributed by atoms with Crippen LogP contribution in [0.5, 0.6) is 5.75 Å². The minimum atomic E-state index is -0.0892. The van der Waals surface area contributed by atoms with Crippen LogP contribution < -0.4 is 10.1 Å². The number of nitrogens with zero attached hydrogens (tertiary/aromatic N) is 3. The van der Waals surface area contributed by atoms with Crippen LogP contribution in [0, 0.1) is 0 Å². The highest BCUT2D eigenvalue weighted by atomic mass is 16.5. The molecular weight excluding hydrogens is 304 g/mol. The molecule has 1 aliphatic rings. The second-order valence-corrected chi connectivity index (χ2v) is 6.13. The molecule has 0 unspecified atom stereocenters. The Morgan fingerprint density at radius 2 is 2.08 bits per heavy atom. The molecule has 2 aromatic rings. The Bertz CT molecular complexity index is 705. The van der Waals surface area contributed by atoms with Crippen molar-refractivity contribution in [3.8, 4) is 17.0 Å². The van der Waals surface area contributed by atoms with Gasteiger partial charge in [0.1, 0.15) is 12.4 Å². The third-order valence-corrected chi connectivity index (χ3v) is 4.26. The van der Waals surface area contributed by atoms with Crippen LogP contribution in [0.3, 0.4) is 0 Å². The second kappa shape index (κ2) is 7.49. The zero-order chi connectivity index (χ0) is 16.9. The van der Waals surface area contributed by atoms with Crippen LogP contribution in [0.1, 0.15) is 19.8 Å². The van der Waals surface area contributed by atoms with E-state index in [1.54, 1.807) is 10.9 Å². The molecule has 1 aromatic heterocycles. The smallest absolute Gasteiger partial charge is 0.221 e. The summed E-state index contributed by atoms with van der Waals surface area (Å²) < 4.78 is 7.85. The third-order valence-electron chi connectivity index (χ3n) is 4.26. The first-order valence-corrected chi connectivity index (χ1v) is 8.38. The summed E-state index contributed by atoms with van der Waals surface area (Å²) in [5.74, 6) is 0.723. The van der Waals surface area contributed by atoms with E-state index in [0.29, 0.717) is 6.61 Å². The summed E-state index contributed by atoms with van der Waals surface area (Å²) >= 11 is 0. The Hall–Kier alpha value is -2.34. The number of hydrogen-bond acceptors (Lipinski definition) is 4. The number of amides is 1. The van der Waals surface area contributed by atoms with Gasteiger partial charge in [-0.1, -0.05) is 0 Å². The molecular formula is C18H24N4O2. The number of rotatable bonds is 6. The molecule has 0 spiro atoms. The predicted octanol–water partition coefficient (Wildman–Crippen LogP) is 2.52. The summed E-state index contributed by atoms with van der Waals surface area (Å²) in [4.78, 5) is 13.7. The van der Waals surface area contributed by atoms with Crippen molar-refractivity contribution in [2.75, 3.05) is 31.6 Å². The molecule has 0 bridgehead atoms. The van der Waals surface area contributed by atoms with Crippen LogP contribution in [0.4, 0.5) is 5.69 Å². The van der Waals surface area contributed by atoms with Crippen LogP contribution in [0.15, 0.2) is 30.5 Å². The van der Waals surface area contributed by atoms with Gasteiger partial charge in [-0.05, 0) is 50.2 Å². The van der Waals surface area contributed by atoms with Gasteiger partial charge in [-0.15, -0.1) is 0 Å². The van der Waals surface area contributed by atoms with Crippen LogP contribution in [0.25, 0.3) is 11.3 Å². The first-order chi connectivity index (χ1) is 11.6. The summed E-state index contributed by atoms with van der Waals surface area (Å²) in [6, 6.07) is 7.66. The lowest BCUT2D eigenvalue weighted by Gasteiger charge is -2.17. The number of carbonyl (C=O) groups is 1. The van der Waals surface area contributed by atoms with E-state index in [1.807, 2.05) is 31.3 Å². The van der Waals surface area contributed by atoms with Crippen molar-refractivity contribution in [2.45, 2.75) is 19.8 Å². The lowest BCUT2D eigenvalue weighted by atomic mass is 10.1. The van der Waals surface area contributed by atoms with Crippen molar-refractivity contribution in [3.05, 3.63) is 30.5 Å². The van der Waals surface area contributed by atoms with Gasteiger partial charge >= 0.3 is 0 Å². The number of hydrogen-bond donors (Lipinski definition) is 1. The number of ether oxygens (including phenoxy) is 1. The normalized spacial score (nSPS) is 14.8. The van der Waals surface area contributed by atoms with Gasteiger partial charge in [0.05, 0.1) is 5.69 Å². The van der Waals surface area contributed by atoms with E-state index < -0.39 is 0 Å². The van der Waals surface area contributed by atoms with Crippen molar-refractivity contribution in [2.24, 2.45) is 7.05 Å². The number of nitrogens with one attached hydrogen (secondary N) is 1. The minimum absolute atomic E-state index is 0.0892. The van der Waals surface area contributed by atoms with E-state index in [9.17, 15) is 4.79 Å². The fraction of sp³-hybridized carbons (Fsp3) is 0.444. The Labute approximate surface area is 142 Å². The zero-order valence-corrected chi connectivity index (χ0v) is 14.3. The average Bonchev–Trinajstić information content (AvgIpc) is 3.19. The van der Waals surface area contributed by atoms with E-state index in [-0.39, 0.29) is 5.91 Å². The van der Waals surface area contributed by atoms with Gasteiger partial charge in [-0.3, -0.25) is 14.4 Å². The molecule has 1 saturated heterocycles. The van der Waals surface area contributed by atoms with E-state index in [2.05, 4.69) is 15.3 Å². The molecule has 1 amide bonds. The van der Waals surface area contributed by atoms with Gasteiger partial charge in [0.25, 0.3) is 0 Å². The number of benzene rings is 1. The lowest BCUT2D eigenvalue weighted by Crippen LogP contribution is -2.25. The van der Waals surface area contributed by atoms with Crippen LogP contribution >= 0.6 is 0 Å². The highest BCUT2D eigenvalue weighted by molar-refractivity contribution is 5.90. The molecule has 0 atom stereocenters. The molecule has 6 nitrogen and oxygen atoms in total. The lowest BCUT2D eigenvalue weighted by molar-refractivity contribution is -0.114.